The summed E-state index contributed by atoms with van der Waals surface area (Å²) in [7, 11) is 0. The third-order valence-corrected chi connectivity index (χ3v) is 8.50. The lowest BCUT2D eigenvalue weighted by Gasteiger charge is -2.32. The number of carbonyl (C=O) groups excluding carboxylic acids is 1. The second-order valence-corrected chi connectivity index (χ2v) is 11.1. The largest absolute Gasteiger partial charge is 0.378 e. The quantitative estimate of drug-likeness (QED) is 0.390. The van der Waals surface area contributed by atoms with Crippen LogP contribution in [0.1, 0.15) is 47.1 Å². The van der Waals surface area contributed by atoms with Crippen LogP contribution in [-0.4, -0.2) is 75.1 Å². The molecule has 0 amide bonds. The lowest BCUT2D eigenvalue weighted by atomic mass is 9.83. The maximum Gasteiger partial charge on any atom is 0.127 e. The SMILES string of the molecule is O=CC1CC(CN2CCCN(C(c3ccccc3)c3ccccc3)CC2)=Cc2ccc(N3CCOCC3)cc21. The molecule has 0 saturated carbocycles. The zero-order valence-corrected chi connectivity index (χ0v) is 22.8. The van der Waals surface area contributed by atoms with E-state index in [1.807, 2.05) is 0 Å². The summed E-state index contributed by atoms with van der Waals surface area (Å²) in [5.74, 6) is -0.0648. The summed E-state index contributed by atoms with van der Waals surface area (Å²) >= 11 is 0. The Kier molecular flexibility index (Phi) is 8.19. The molecule has 0 spiro atoms. The van der Waals surface area contributed by atoms with E-state index in [9.17, 15) is 4.79 Å². The lowest BCUT2D eigenvalue weighted by molar-refractivity contribution is -0.109. The van der Waals surface area contributed by atoms with E-state index in [-0.39, 0.29) is 12.0 Å². The van der Waals surface area contributed by atoms with Crippen molar-refractivity contribution in [1.82, 2.24) is 9.80 Å². The number of rotatable bonds is 7. The van der Waals surface area contributed by atoms with Crippen molar-refractivity contribution in [2.75, 3.05) is 63.9 Å². The van der Waals surface area contributed by atoms with Crippen molar-refractivity contribution in [2.24, 2.45) is 0 Å². The summed E-state index contributed by atoms with van der Waals surface area (Å²) in [6, 6.07) is 28.8. The van der Waals surface area contributed by atoms with Gasteiger partial charge >= 0.3 is 0 Å². The Morgan fingerprint density at radius 3 is 2.23 bits per heavy atom. The standard InChI is InChI=1S/C34H39N3O2/c38-26-31-23-27(22-30-12-13-32(24-33(30)31)36-18-20-39-21-19-36)25-35-14-7-15-37(17-16-35)34(28-8-3-1-4-9-28)29-10-5-2-6-11-29/h1-6,8-13,22,24,26,31,34H,7,14-21,23,25H2. The minimum Gasteiger partial charge on any atom is -0.378 e. The van der Waals surface area contributed by atoms with Crippen molar-refractivity contribution in [1.29, 1.82) is 0 Å². The van der Waals surface area contributed by atoms with Gasteiger partial charge in [-0.3, -0.25) is 9.80 Å². The van der Waals surface area contributed by atoms with Gasteiger partial charge in [0.05, 0.1) is 19.3 Å². The molecule has 1 aliphatic carbocycles. The van der Waals surface area contributed by atoms with Crippen molar-refractivity contribution in [3.05, 3.63) is 107 Å². The smallest absolute Gasteiger partial charge is 0.127 e. The van der Waals surface area contributed by atoms with Gasteiger partial charge in [-0.25, -0.2) is 0 Å². The van der Waals surface area contributed by atoms with Gasteiger partial charge in [-0.2, -0.15) is 0 Å². The van der Waals surface area contributed by atoms with Gasteiger partial charge in [0.2, 0.25) is 0 Å². The van der Waals surface area contributed by atoms with Crippen molar-refractivity contribution in [2.45, 2.75) is 24.8 Å². The molecule has 2 heterocycles. The van der Waals surface area contributed by atoms with Gasteiger partial charge in [-0.05, 0) is 53.8 Å². The van der Waals surface area contributed by atoms with Crippen LogP contribution in [0, 0.1) is 0 Å². The number of ether oxygens (including phenoxy) is 1. The average Bonchev–Trinajstić information content (AvgIpc) is 3.23. The molecule has 3 aromatic rings. The number of morpholine rings is 1. The molecule has 0 bridgehead atoms. The maximum absolute atomic E-state index is 12.2. The highest BCUT2D eigenvalue weighted by atomic mass is 16.5. The molecule has 39 heavy (non-hydrogen) atoms. The summed E-state index contributed by atoms with van der Waals surface area (Å²) in [5, 5.41) is 0. The number of benzene rings is 3. The van der Waals surface area contributed by atoms with Gasteiger partial charge in [0.15, 0.2) is 0 Å². The Hall–Kier alpha value is -3.25. The maximum atomic E-state index is 12.2. The average molecular weight is 522 g/mol. The van der Waals surface area contributed by atoms with Crippen LogP contribution >= 0.6 is 0 Å². The van der Waals surface area contributed by atoms with E-state index in [4.69, 9.17) is 4.74 Å². The molecule has 5 nitrogen and oxygen atoms in total. The van der Waals surface area contributed by atoms with Gasteiger partial charge in [0.1, 0.15) is 6.29 Å². The van der Waals surface area contributed by atoms with Crippen molar-refractivity contribution in [3.8, 4) is 0 Å². The molecule has 0 radical (unpaired) electrons. The number of hydrogen-bond donors (Lipinski definition) is 0. The molecule has 2 fully saturated rings. The van der Waals surface area contributed by atoms with Gasteiger partial charge < -0.3 is 14.4 Å². The Balaban J connectivity index is 1.16. The summed E-state index contributed by atoms with van der Waals surface area (Å²) in [6.07, 6.45) is 5.46. The van der Waals surface area contributed by atoms with Crippen molar-refractivity contribution < 1.29 is 9.53 Å². The summed E-state index contributed by atoms with van der Waals surface area (Å²) in [6.45, 7) is 8.50. The molecule has 2 saturated heterocycles. The first-order valence-electron chi connectivity index (χ1n) is 14.5. The highest BCUT2D eigenvalue weighted by Crippen LogP contribution is 2.36. The van der Waals surface area contributed by atoms with E-state index in [2.05, 4.69) is 99.6 Å². The Bertz CT molecular complexity index is 1230. The molecule has 202 valence electrons. The van der Waals surface area contributed by atoms with Crippen molar-refractivity contribution in [3.63, 3.8) is 0 Å². The second kappa shape index (κ2) is 12.3. The van der Waals surface area contributed by atoms with Crippen LogP contribution in [0.4, 0.5) is 5.69 Å². The molecule has 2 aliphatic heterocycles. The van der Waals surface area contributed by atoms with Gasteiger partial charge in [-0.15, -0.1) is 0 Å². The van der Waals surface area contributed by atoms with Crippen LogP contribution in [-0.2, 0) is 9.53 Å². The van der Waals surface area contributed by atoms with Crippen LogP contribution in [0.3, 0.4) is 0 Å². The number of fused-ring (bicyclic) bond motifs is 1. The lowest BCUT2D eigenvalue weighted by Crippen LogP contribution is -2.36. The molecular formula is C34H39N3O2. The normalized spacial score (nSPS) is 20.8. The van der Waals surface area contributed by atoms with Crippen LogP contribution in [0.2, 0.25) is 0 Å². The van der Waals surface area contributed by atoms with E-state index in [1.165, 1.54) is 33.5 Å². The van der Waals surface area contributed by atoms with Gasteiger partial charge in [0, 0.05) is 50.9 Å². The molecule has 3 aromatic carbocycles. The Morgan fingerprint density at radius 2 is 1.54 bits per heavy atom. The predicted molar refractivity (Wildman–Crippen MR) is 158 cm³/mol. The molecule has 6 rings (SSSR count). The van der Waals surface area contributed by atoms with Crippen LogP contribution in [0.25, 0.3) is 6.08 Å². The fourth-order valence-corrected chi connectivity index (χ4v) is 6.51. The first-order valence-corrected chi connectivity index (χ1v) is 14.5. The Labute approximate surface area is 232 Å². The number of aldehydes is 1. The van der Waals surface area contributed by atoms with Crippen LogP contribution in [0.5, 0.6) is 0 Å². The predicted octanol–water partition coefficient (Wildman–Crippen LogP) is 5.39. The fraction of sp³-hybridized carbons (Fsp3) is 0.382. The fourth-order valence-electron chi connectivity index (χ4n) is 6.51. The number of anilines is 1. The molecule has 1 atom stereocenters. The van der Waals surface area contributed by atoms with Gasteiger partial charge in [-0.1, -0.05) is 78.4 Å². The zero-order chi connectivity index (χ0) is 26.4. The molecule has 0 aromatic heterocycles. The van der Waals surface area contributed by atoms with Gasteiger partial charge in [0.25, 0.3) is 0 Å². The number of hydrogen-bond acceptors (Lipinski definition) is 5. The Morgan fingerprint density at radius 1 is 0.821 bits per heavy atom. The minimum absolute atomic E-state index is 0.0648. The van der Waals surface area contributed by atoms with E-state index in [1.54, 1.807) is 0 Å². The third-order valence-electron chi connectivity index (χ3n) is 8.50. The summed E-state index contributed by atoms with van der Waals surface area (Å²) < 4.78 is 5.52. The van der Waals surface area contributed by atoms with E-state index >= 15 is 0 Å². The molecule has 1 unspecified atom stereocenters. The van der Waals surface area contributed by atoms with E-state index in [0.29, 0.717) is 0 Å². The van der Waals surface area contributed by atoms with Crippen LogP contribution in [0.15, 0.2) is 84.4 Å². The molecule has 0 N–H and O–H groups in total. The molecule has 5 heteroatoms. The monoisotopic (exact) mass is 521 g/mol. The number of nitrogens with zero attached hydrogens (tertiary/aromatic N) is 3. The third kappa shape index (κ3) is 6.01. The zero-order valence-electron chi connectivity index (χ0n) is 22.8. The highest BCUT2D eigenvalue weighted by molar-refractivity contribution is 5.74. The molecular weight excluding hydrogens is 482 g/mol. The highest BCUT2D eigenvalue weighted by Gasteiger charge is 2.27. The van der Waals surface area contributed by atoms with E-state index in [0.717, 1.165) is 78.2 Å². The summed E-state index contributed by atoms with van der Waals surface area (Å²) in [4.78, 5) is 19.8. The van der Waals surface area contributed by atoms with Crippen LogP contribution < -0.4 is 4.90 Å². The number of carbonyl (C=O) groups is 1. The molecule has 3 aliphatic rings. The minimum atomic E-state index is -0.0648. The van der Waals surface area contributed by atoms with E-state index < -0.39 is 0 Å². The first kappa shape index (κ1) is 26.0. The second-order valence-electron chi connectivity index (χ2n) is 11.1. The van der Waals surface area contributed by atoms with Crippen molar-refractivity contribution >= 4 is 18.0 Å². The summed E-state index contributed by atoms with van der Waals surface area (Å²) in [5.41, 5.74) is 7.67. The first-order chi connectivity index (χ1) is 19.3. The topological polar surface area (TPSA) is 36.0 Å².